The molecule has 0 fully saturated rings. The number of aryl methyl sites for hydroxylation is 1. The number of hydrogen-bond acceptors (Lipinski definition) is 4. The van der Waals surface area contributed by atoms with Crippen LogP contribution < -0.4 is 10.5 Å². The molecule has 3 N–H and O–H groups in total. The van der Waals surface area contributed by atoms with Crippen molar-refractivity contribution in [2.24, 2.45) is 5.73 Å². The predicted octanol–water partition coefficient (Wildman–Crippen LogP) is 2.75. The van der Waals surface area contributed by atoms with Gasteiger partial charge in [0, 0.05) is 6.07 Å². The highest BCUT2D eigenvalue weighted by atomic mass is 79.9. The molecule has 0 aliphatic heterocycles. The second-order valence-electron chi connectivity index (χ2n) is 4.18. The van der Waals surface area contributed by atoms with Gasteiger partial charge in [-0.1, -0.05) is 0 Å². The van der Waals surface area contributed by atoms with Crippen molar-refractivity contribution in [3.8, 4) is 0 Å². The molecule has 0 atom stereocenters. The molecule has 20 heavy (non-hydrogen) atoms. The summed E-state index contributed by atoms with van der Waals surface area (Å²) in [5.41, 5.74) is 6.14. The van der Waals surface area contributed by atoms with E-state index >= 15 is 0 Å². The first kappa shape index (κ1) is 15.0. The highest BCUT2D eigenvalue weighted by Gasteiger charge is 2.22. The molecule has 0 saturated carbocycles. The molecule has 2 aromatic rings. The third-order valence-corrected chi connectivity index (χ3v) is 4.73. The van der Waals surface area contributed by atoms with Crippen molar-refractivity contribution >= 4 is 31.6 Å². The maximum absolute atomic E-state index is 13.3. The van der Waals surface area contributed by atoms with Gasteiger partial charge in [0.2, 0.25) is 0 Å². The van der Waals surface area contributed by atoms with Crippen LogP contribution in [-0.2, 0) is 16.6 Å². The summed E-state index contributed by atoms with van der Waals surface area (Å²) >= 11 is 3.02. The highest BCUT2D eigenvalue weighted by Crippen LogP contribution is 2.28. The fourth-order valence-electron chi connectivity index (χ4n) is 1.69. The first-order valence-electron chi connectivity index (χ1n) is 5.60. The van der Waals surface area contributed by atoms with Crippen molar-refractivity contribution < 1.29 is 17.2 Å². The van der Waals surface area contributed by atoms with Crippen LogP contribution in [0.4, 0.5) is 10.1 Å². The summed E-state index contributed by atoms with van der Waals surface area (Å²) in [4.78, 5) is -0.0835. The van der Waals surface area contributed by atoms with E-state index in [1.54, 1.807) is 6.92 Å². The molecule has 1 aromatic heterocycles. The van der Waals surface area contributed by atoms with Gasteiger partial charge in [-0.2, -0.15) is 0 Å². The first-order valence-corrected chi connectivity index (χ1v) is 7.88. The monoisotopic (exact) mass is 362 g/mol. The van der Waals surface area contributed by atoms with Crippen LogP contribution in [0.2, 0.25) is 0 Å². The zero-order chi connectivity index (χ0) is 14.9. The van der Waals surface area contributed by atoms with Crippen LogP contribution in [0.1, 0.15) is 11.3 Å². The fraction of sp³-hybridized carbons (Fsp3) is 0.167. The summed E-state index contributed by atoms with van der Waals surface area (Å²) in [6.45, 7) is 1.74. The zero-order valence-electron chi connectivity index (χ0n) is 10.5. The first-order chi connectivity index (χ1) is 9.31. The molecular formula is C12H12BrFN2O3S. The van der Waals surface area contributed by atoms with Crippen LogP contribution in [-0.4, -0.2) is 8.42 Å². The third-order valence-electron chi connectivity index (χ3n) is 2.49. The van der Waals surface area contributed by atoms with Crippen molar-refractivity contribution in [3.05, 3.63) is 46.1 Å². The number of nitrogens with two attached hydrogens (primary N) is 1. The molecule has 0 unspecified atom stereocenters. The SMILES string of the molecule is Cc1cc(F)cc(NS(=O)(=O)c2cc(CN)oc2Br)c1. The standard InChI is InChI=1S/C12H12BrFN2O3S/c1-7-2-8(14)4-9(3-7)16-20(17,18)11-5-10(6-15)19-12(11)13/h2-5,16H,6,15H2,1H3. The Morgan fingerprint density at radius 1 is 1.35 bits per heavy atom. The van der Waals surface area contributed by atoms with Gasteiger partial charge in [0.1, 0.15) is 16.5 Å². The quantitative estimate of drug-likeness (QED) is 0.875. The molecule has 1 heterocycles. The third kappa shape index (κ3) is 3.20. The average Bonchev–Trinajstić information content (AvgIpc) is 2.69. The Morgan fingerprint density at radius 3 is 2.60 bits per heavy atom. The van der Waals surface area contributed by atoms with Gasteiger partial charge in [-0.15, -0.1) is 0 Å². The Labute approximate surface area is 124 Å². The number of sulfonamides is 1. The molecule has 0 amide bonds. The summed E-state index contributed by atoms with van der Waals surface area (Å²) in [5, 5.41) is 0. The molecule has 0 aliphatic rings. The molecule has 0 radical (unpaired) electrons. The molecular weight excluding hydrogens is 351 g/mol. The van der Waals surface area contributed by atoms with Crippen LogP contribution in [0.5, 0.6) is 0 Å². The van der Waals surface area contributed by atoms with E-state index in [2.05, 4.69) is 20.7 Å². The largest absolute Gasteiger partial charge is 0.452 e. The summed E-state index contributed by atoms with van der Waals surface area (Å²) in [7, 11) is -3.88. The molecule has 2 rings (SSSR count). The molecule has 0 bridgehead atoms. The Bertz CT molecular complexity index is 723. The summed E-state index contributed by atoms with van der Waals surface area (Å²) in [6.07, 6.45) is 0. The average molecular weight is 363 g/mol. The molecule has 108 valence electrons. The number of nitrogens with one attached hydrogen (secondary N) is 1. The number of halogens is 2. The predicted molar refractivity (Wildman–Crippen MR) is 76.2 cm³/mol. The van der Waals surface area contributed by atoms with Gasteiger partial charge in [-0.3, -0.25) is 4.72 Å². The lowest BCUT2D eigenvalue weighted by molar-refractivity contribution is 0.484. The van der Waals surface area contributed by atoms with E-state index in [0.29, 0.717) is 11.3 Å². The molecule has 5 nitrogen and oxygen atoms in total. The topological polar surface area (TPSA) is 85.3 Å². The van der Waals surface area contributed by atoms with E-state index in [0.717, 1.165) is 6.07 Å². The minimum atomic E-state index is -3.88. The van der Waals surface area contributed by atoms with Gasteiger partial charge in [0.25, 0.3) is 10.0 Å². The number of benzene rings is 1. The number of furan rings is 1. The Kier molecular flexibility index (Phi) is 4.17. The summed E-state index contributed by atoms with van der Waals surface area (Å²) in [5.74, 6) is -0.190. The van der Waals surface area contributed by atoms with E-state index in [1.807, 2.05) is 0 Å². The van der Waals surface area contributed by atoms with Gasteiger partial charge in [0.05, 0.1) is 12.2 Å². The van der Waals surface area contributed by atoms with E-state index in [4.69, 9.17) is 10.2 Å². The van der Waals surface area contributed by atoms with E-state index < -0.39 is 15.8 Å². The Balaban J connectivity index is 2.37. The molecule has 8 heteroatoms. The molecule has 0 spiro atoms. The summed E-state index contributed by atoms with van der Waals surface area (Å²) in [6, 6.07) is 5.25. The number of rotatable bonds is 4. The van der Waals surface area contributed by atoms with E-state index in [-0.39, 0.29) is 21.8 Å². The maximum Gasteiger partial charge on any atom is 0.266 e. The van der Waals surface area contributed by atoms with Gasteiger partial charge in [-0.05, 0) is 46.6 Å². The van der Waals surface area contributed by atoms with Crippen LogP contribution >= 0.6 is 15.9 Å². The second kappa shape index (κ2) is 5.55. The lowest BCUT2D eigenvalue weighted by Gasteiger charge is -2.07. The van der Waals surface area contributed by atoms with Gasteiger partial charge in [0.15, 0.2) is 4.67 Å². The lowest BCUT2D eigenvalue weighted by atomic mass is 10.2. The fourth-order valence-corrected chi connectivity index (χ4v) is 3.73. The molecule has 0 aliphatic carbocycles. The van der Waals surface area contributed by atoms with Crippen LogP contribution in [0, 0.1) is 12.7 Å². The van der Waals surface area contributed by atoms with Gasteiger partial charge >= 0.3 is 0 Å². The van der Waals surface area contributed by atoms with E-state index in [9.17, 15) is 12.8 Å². The molecule has 1 aromatic carbocycles. The minimum Gasteiger partial charge on any atom is -0.452 e. The van der Waals surface area contributed by atoms with Gasteiger partial charge < -0.3 is 10.2 Å². The Hall–Kier alpha value is -1.38. The number of anilines is 1. The molecule has 0 saturated heterocycles. The van der Waals surface area contributed by atoms with Crippen LogP contribution in [0.15, 0.2) is 38.2 Å². The van der Waals surface area contributed by atoms with Crippen LogP contribution in [0.3, 0.4) is 0 Å². The minimum absolute atomic E-state index is 0.0542. The van der Waals surface area contributed by atoms with Gasteiger partial charge in [-0.25, -0.2) is 12.8 Å². The van der Waals surface area contributed by atoms with Crippen molar-refractivity contribution in [3.63, 3.8) is 0 Å². The van der Waals surface area contributed by atoms with Crippen molar-refractivity contribution in [2.75, 3.05) is 4.72 Å². The summed E-state index contributed by atoms with van der Waals surface area (Å²) < 4.78 is 45.2. The van der Waals surface area contributed by atoms with Crippen LogP contribution in [0.25, 0.3) is 0 Å². The second-order valence-corrected chi connectivity index (χ2v) is 6.55. The number of hydrogen-bond donors (Lipinski definition) is 2. The smallest absolute Gasteiger partial charge is 0.266 e. The van der Waals surface area contributed by atoms with Crippen molar-refractivity contribution in [1.29, 1.82) is 0 Å². The maximum atomic E-state index is 13.3. The highest BCUT2D eigenvalue weighted by molar-refractivity contribution is 9.10. The zero-order valence-corrected chi connectivity index (χ0v) is 12.9. The van der Waals surface area contributed by atoms with E-state index in [1.165, 1.54) is 18.2 Å². The normalized spacial score (nSPS) is 11.6. The van der Waals surface area contributed by atoms with Crippen molar-refractivity contribution in [1.82, 2.24) is 0 Å². The van der Waals surface area contributed by atoms with Crippen molar-refractivity contribution in [2.45, 2.75) is 18.4 Å². The lowest BCUT2D eigenvalue weighted by Crippen LogP contribution is -2.13. The Morgan fingerprint density at radius 2 is 2.05 bits per heavy atom.